The second-order valence-electron chi connectivity index (χ2n) is 16.4. The van der Waals surface area contributed by atoms with Crippen molar-refractivity contribution in [1.29, 1.82) is 0 Å². The van der Waals surface area contributed by atoms with E-state index in [1.807, 2.05) is 21.1 Å². The smallest absolute Gasteiger partial charge is 0.306 e. The lowest BCUT2D eigenvalue weighted by atomic mass is 10.0. The molecule has 0 aliphatic rings. The number of carbonyl (C=O) groups excluding carboxylic acids is 3. The van der Waals surface area contributed by atoms with Crippen molar-refractivity contribution >= 4 is 17.9 Å². The van der Waals surface area contributed by atoms with Gasteiger partial charge in [-0.1, -0.05) is 181 Å². The summed E-state index contributed by atoms with van der Waals surface area (Å²) < 4.78 is 22.5. The molecule has 0 saturated carbocycles. The minimum absolute atomic E-state index is 0.153. The number of rotatable bonds is 41. The molecule has 9 heteroatoms. The summed E-state index contributed by atoms with van der Waals surface area (Å²) in [4.78, 5) is 36.9. The fourth-order valence-electron chi connectivity index (χ4n) is 6.36. The molecule has 0 aromatic rings. The fourth-order valence-corrected chi connectivity index (χ4v) is 6.36. The lowest BCUT2D eigenvalue weighted by Gasteiger charge is -2.26. The van der Waals surface area contributed by atoms with Gasteiger partial charge in [0.15, 0.2) is 12.4 Å². The molecule has 9 nitrogen and oxygen atoms in total. The standard InChI is InChI=1S/C44H85NO8/c1-6-8-10-12-14-16-18-19-20-21-22-23-25-27-29-31-33-35-42(47)53-40(39-52-44(43(48)49)50-37-36-45(3,4)5)38-51-41(46)34-32-30-28-26-24-17-15-13-11-9-7-2/h40,44H,6-39H2,1-5H3. The predicted octanol–water partition coefficient (Wildman–Crippen LogP) is 10.00. The summed E-state index contributed by atoms with van der Waals surface area (Å²) in [5.41, 5.74) is 0. The van der Waals surface area contributed by atoms with Crippen LogP contribution in [-0.4, -0.2) is 82.3 Å². The molecule has 314 valence electrons. The van der Waals surface area contributed by atoms with Crippen LogP contribution in [0.2, 0.25) is 0 Å². The third-order valence-electron chi connectivity index (χ3n) is 9.85. The van der Waals surface area contributed by atoms with Crippen molar-refractivity contribution in [3.05, 3.63) is 0 Å². The number of hydrogen-bond donors (Lipinski definition) is 0. The molecule has 0 aromatic heterocycles. The number of nitrogens with zero attached hydrogens (tertiary/aromatic N) is 1. The molecule has 0 amide bonds. The SMILES string of the molecule is CCCCCCCCCCCCCCCCCCCC(=O)OC(COC(=O)CCCCCCCCCCCCC)COC(OCC[N+](C)(C)C)C(=O)[O-]. The molecule has 0 saturated heterocycles. The van der Waals surface area contributed by atoms with Gasteiger partial charge < -0.3 is 33.3 Å². The van der Waals surface area contributed by atoms with E-state index < -0.39 is 24.3 Å². The van der Waals surface area contributed by atoms with Gasteiger partial charge in [0.25, 0.3) is 0 Å². The fraction of sp³-hybridized carbons (Fsp3) is 0.932. The summed E-state index contributed by atoms with van der Waals surface area (Å²) in [6.45, 7) is 4.76. The normalized spacial score (nSPS) is 12.8. The number of likely N-dealkylation sites (N-methyl/N-ethyl adjacent to an activating group) is 1. The summed E-state index contributed by atoms with van der Waals surface area (Å²) in [7, 11) is 5.91. The van der Waals surface area contributed by atoms with Crippen LogP contribution in [0, 0.1) is 0 Å². The molecule has 0 rings (SSSR count). The third kappa shape index (κ3) is 38.4. The molecule has 0 bridgehead atoms. The van der Waals surface area contributed by atoms with Gasteiger partial charge in [0.1, 0.15) is 13.2 Å². The molecule has 0 heterocycles. The van der Waals surface area contributed by atoms with Gasteiger partial charge in [0, 0.05) is 12.8 Å². The molecule has 53 heavy (non-hydrogen) atoms. The molecular weight excluding hydrogens is 670 g/mol. The van der Waals surface area contributed by atoms with E-state index in [2.05, 4.69) is 13.8 Å². The van der Waals surface area contributed by atoms with E-state index >= 15 is 0 Å². The largest absolute Gasteiger partial charge is 0.545 e. The van der Waals surface area contributed by atoms with Crippen molar-refractivity contribution in [3.8, 4) is 0 Å². The molecule has 0 N–H and O–H groups in total. The Labute approximate surface area is 326 Å². The second kappa shape index (κ2) is 37.2. The zero-order valence-corrected chi connectivity index (χ0v) is 35.4. The Morgan fingerprint density at radius 1 is 0.491 bits per heavy atom. The van der Waals surface area contributed by atoms with Crippen molar-refractivity contribution in [3.63, 3.8) is 0 Å². The Morgan fingerprint density at radius 3 is 1.21 bits per heavy atom. The van der Waals surface area contributed by atoms with Crippen LogP contribution in [0.25, 0.3) is 0 Å². The van der Waals surface area contributed by atoms with Crippen LogP contribution in [0.3, 0.4) is 0 Å². The minimum Gasteiger partial charge on any atom is -0.545 e. The third-order valence-corrected chi connectivity index (χ3v) is 9.85. The molecule has 0 aromatic carbocycles. The van der Waals surface area contributed by atoms with Crippen molar-refractivity contribution < 1.29 is 42.9 Å². The zero-order valence-electron chi connectivity index (χ0n) is 35.4. The van der Waals surface area contributed by atoms with Gasteiger partial charge in [-0.15, -0.1) is 0 Å². The average Bonchev–Trinajstić information content (AvgIpc) is 3.11. The van der Waals surface area contributed by atoms with Gasteiger partial charge in [-0.05, 0) is 12.8 Å². The maximum absolute atomic E-state index is 12.7. The second-order valence-corrected chi connectivity index (χ2v) is 16.4. The van der Waals surface area contributed by atoms with E-state index in [1.54, 1.807) is 0 Å². The lowest BCUT2D eigenvalue weighted by molar-refractivity contribution is -0.870. The van der Waals surface area contributed by atoms with Gasteiger partial charge in [0.05, 0.1) is 40.3 Å². The summed E-state index contributed by atoms with van der Waals surface area (Å²) >= 11 is 0. The Morgan fingerprint density at radius 2 is 0.849 bits per heavy atom. The van der Waals surface area contributed by atoms with E-state index in [4.69, 9.17) is 18.9 Å². The van der Waals surface area contributed by atoms with Crippen LogP contribution in [-0.2, 0) is 33.3 Å². The highest BCUT2D eigenvalue weighted by Gasteiger charge is 2.21. The van der Waals surface area contributed by atoms with Crippen LogP contribution < -0.4 is 5.11 Å². The van der Waals surface area contributed by atoms with Crippen LogP contribution >= 0.6 is 0 Å². The van der Waals surface area contributed by atoms with E-state index in [0.717, 1.165) is 38.5 Å². The quantitative estimate of drug-likeness (QED) is 0.0263. The van der Waals surface area contributed by atoms with Gasteiger partial charge in [0.2, 0.25) is 0 Å². The van der Waals surface area contributed by atoms with E-state index in [9.17, 15) is 19.5 Å². The van der Waals surface area contributed by atoms with Crippen LogP contribution in [0.1, 0.15) is 206 Å². The van der Waals surface area contributed by atoms with Crippen LogP contribution in [0.4, 0.5) is 0 Å². The van der Waals surface area contributed by atoms with Crippen LogP contribution in [0.5, 0.6) is 0 Å². The average molecular weight is 756 g/mol. The highest BCUT2D eigenvalue weighted by Crippen LogP contribution is 2.16. The molecule has 0 aliphatic carbocycles. The number of aliphatic carboxylic acids is 1. The topological polar surface area (TPSA) is 111 Å². The monoisotopic (exact) mass is 756 g/mol. The van der Waals surface area contributed by atoms with E-state index in [1.165, 1.54) is 141 Å². The number of carboxylic acids is 1. The van der Waals surface area contributed by atoms with Crippen molar-refractivity contribution in [2.75, 3.05) is 47.5 Å². The van der Waals surface area contributed by atoms with Gasteiger partial charge >= 0.3 is 11.9 Å². The number of hydrogen-bond acceptors (Lipinski definition) is 8. The van der Waals surface area contributed by atoms with Crippen LogP contribution in [0.15, 0.2) is 0 Å². The Bertz CT molecular complexity index is 846. The molecule has 0 radical (unpaired) electrons. The van der Waals surface area contributed by atoms with E-state index in [-0.39, 0.29) is 32.2 Å². The molecular formula is C44H85NO8. The summed E-state index contributed by atoms with van der Waals surface area (Å²) in [5, 5.41) is 11.7. The van der Waals surface area contributed by atoms with Gasteiger partial charge in [-0.2, -0.15) is 0 Å². The number of esters is 2. The van der Waals surface area contributed by atoms with E-state index in [0.29, 0.717) is 17.4 Å². The summed E-state index contributed by atoms with van der Waals surface area (Å²) in [6.07, 6.45) is 32.7. The highest BCUT2D eigenvalue weighted by molar-refractivity contribution is 5.70. The molecule has 2 atom stereocenters. The lowest BCUT2D eigenvalue weighted by Crippen LogP contribution is -2.44. The Kier molecular flexibility index (Phi) is 36.0. The summed E-state index contributed by atoms with van der Waals surface area (Å²) in [6, 6.07) is 0. The summed E-state index contributed by atoms with van der Waals surface area (Å²) in [5.74, 6) is -2.27. The maximum atomic E-state index is 12.7. The maximum Gasteiger partial charge on any atom is 0.306 e. The molecule has 0 spiro atoms. The molecule has 0 fully saturated rings. The molecule has 2 unspecified atom stereocenters. The highest BCUT2D eigenvalue weighted by atomic mass is 16.7. The van der Waals surface area contributed by atoms with Crippen molar-refractivity contribution in [1.82, 2.24) is 0 Å². The minimum atomic E-state index is -1.61. The Balaban J connectivity index is 4.39. The first kappa shape index (κ1) is 51.3. The number of ether oxygens (including phenoxy) is 4. The van der Waals surface area contributed by atoms with Crippen molar-refractivity contribution in [2.45, 2.75) is 219 Å². The first-order chi connectivity index (χ1) is 25.6. The zero-order chi connectivity index (χ0) is 39.3. The number of carbonyl (C=O) groups is 3. The molecule has 0 aliphatic heterocycles. The number of carboxylic acid groups (broad SMARTS) is 1. The number of unbranched alkanes of at least 4 members (excludes halogenated alkanes) is 26. The predicted molar refractivity (Wildman–Crippen MR) is 214 cm³/mol. The first-order valence-electron chi connectivity index (χ1n) is 22.2. The van der Waals surface area contributed by atoms with Gasteiger partial charge in [-0.25, -0.2) is 0 Å². The van der Waals surface area contributed by atoms with Crippen molar-refractivity contribution in [2.24, 2.45) is 0 Å². The number of quaternary nitrogens is 1. The van der Waals surface area contributed by atoms with Gasteiger partial charge in [-0.3, -0.25) is 9.59 Å². The Hall–Kier alpha value is -1.71. The first-order valence-corrected chi connectivity index (χ1v) is 22.2.